The van der Waals surface area contributed by atoms with Crippen LogP contribution in [-0.2, 0) is 6.42 Å². The van der Waals surface area contributed by atoms with Gasteiger partial charge in [-0.15, -0.1) is 0 Å². The van der Waals surface area contributed by atoms with Crippen LogP contribution >= 0.6 is 11.6 Å². The molecule has 0 saturated carbocycles. The van der Waals surface area contributed by atoms with E-state index in [2.05, 4.69) is 10.3 Å². The Morgan fingerprint density at radius 1 is 1.47 bits per heavy atom. The summed E-state index contributed by atoms with van der Waals surface area (Å²) in [7, 11) is 1.94. The largest absolute Gasteiger partial charge is 0.441 e. The zero-order chi connectivity index (χ0) is 10.7. The van der Waals surface area contributed by atoms with Gasteiger partial charge in [0.2, 0.25) is 0 Å². The second-order valence-corrected chi connectivity index (χ2v) is 3.86. The third-order valence-electron chi connectivity index (χ3n) is 2.21. The fourth-order valence-electron chi connectivity index (χ4n) is 1.47. The molecule has 2 aromatic rings. The molecule has 4 heteroatoms. The third kappa shape index (κ3) is 2.49. The first-order valence-electron chi connectivity index (χ1n) is 4.99. The Morgan fingerprint density at radius 2 is 2.33 bits per heavy atom. The lowest BCUT2D eigenvalue weighted by molar-refractivity contribution is 0.516. The van der Waals surface area contributed by atoms with Crippen molar-refractivity contribution in [2.45, 2.75) is 12.8 Å². The number of nitrogens with zero attached hydrogens (tertiary/aromatic N) is 1. The lowest BCUT2D eigenvalue weighted by atomic mass is 10.3. The summed E-state index contributed by atoms with van der Waals surface area (Å²) in [5, 5.41) is 3.77. The molecule has 80 valence electrons. The van der Waals surface area contributed by atoms with Gasteiger partial charge >= 0.3 is 0 Å². The molecule has 0 aliphatic carbocycles. The molecule has 1 aromatic carbocycles. The molecule has 0 saturated heterocycles. The lowest BCUT2D eigenvalue weighted by Crippen LogP contribution is -2.08. The van der Waals surface area contributed by atoms with Crippen molar-refractivity contribution in [3.05, 3.63) is 29.1 Å². The molecule has 1 N–H and O–H groups in total. The van der Waals surface area contributed by atoms with Crippen LogP contribution in [-0.4, -0.2) is 18.6 Å². The zero-order valence-electron chi connectivity index (χ0n) is 8.59. The highest BCUT2D eigenvalue weighted by Gasteiger charge is 2.05. The summed E-state index contributed by atoms with van der Waals surface area (Å²) in [5.74, 6) is 0.780. The minimum absolute atomic E-state index is 0.681. The number of benzene rings is 1. The van der Waals surface area contributed by atoms with Gasteiger partial charge in [-0.3, -0.25) is 0 Å². The third-order valence-corrected chi connectivity index (χ3v) is 2.45. The van der Waals surface area contributed by atoms with Crippen LogP contribution < -0.4 is 5.32 Å². The van der Waals surface area contributed by atoms with Crippen LogP contribution in [0.3, 0.4) is 0 Å². The van der Waals surface area contributed by atoms with Gasteiger partial charge in [-0.2, -0.15) is 0 Å². The van der Waals surface area contributed by atoms with Gasteiger partial charge in [-0.05, 0) is 32.1 Å². The predicted molar refractivity (Wildman–Crippen MR) is 61.3 cm³/mol. The second-order valence-electron chi connectivity index (χ2n) is 3.43. The van der Waals surface area contributed by atoms with E-state index in [-0.39, 0.29) is 0 Å². The highest BCUT2D eigenvalue weighted by molar-refractivity contribution is 6.31. The van der Waals surface area contributed by atoms with E-state index in [1.807, 2.05) is 19.2 Å². The quantitative estimate of drug-likeness (QED) is 0.812. The van der Waals surface area contributed by atoms with Gasteiger partial charge < -0.3 is 9.73 Å². The van der Waals surface area contributed by atoms with Crippen molar-refractivity contribution in [3.63, 3.8) is 0 Å². The summed E-state index contributed by atoms with van der Waals surface area (Å²) in [5.41, 5.74) is 1.64. The second kappa shape index (κ2) is 4.64. The lowest BCUT2D eigenvalue weighted by Gasteiger charge is -1.94. The van der Waals surface area contributed by atoms with Crippen molar-refractivity contribution in [1.29, 1.82) is 0 Å². The standard InChI is InChI=1S/C11H13ClN2O/c1-13-6-2-3-11-14-9-5-4-8(12)7-10(9)15-11/h4-5,7,13H,2-3,6H2,1H3. The van der Waals surface area contributed by atoms with Crippen molar-refractivity contribution in [1.82, 2.24) is 10.3 Å². The molecule has 2 rings (SSSR count). The average molecular weight is 225 g/mol. The number of rotatable bonds is 4. The average Bonchev–Trinajstić information content (AvgIpc) is 2.60. The number of aryl methyl sites for hydroxylation is 1. The number of oxazole rings is 1. The number of halogens is 1. The number of aromatic nitrogens is 1. The number of hydrogen-bond acceptors (Lipinski definition) is 3. The van der Waals surface area contributed by atoms with Crippen LogP contribution in [0.2, 0.25) is 5.02 Å². The van der Waals surface area contributed by atoms with Crippen molar-refractivity contribution >= 4 is 22.7 Å². The summed E-state index contributed by atoms with van der Waals surface area (Å²) < 4.78 is 5.57. The number of fused-ring (bicyclic) bond motifs is 1. The molecule has 0 unspecified atom stereocenters. The maximum absolute atomic E-state index is 5.86. The van der Waals surface area contributed by atoms with Crippen molar-refractivity contribution in [3.8, 4) is 0 Å². The Morgan fingerprint density at radius 3 is 3.13 bits per heavy atom. The molecule has 0 spiro atoms. The van der Waals surface area contributed by atoms with E-state index in [4.69, 9.17) is 16.0 Å². The van der Waals surface area contributed by atoms with Gasteiger partial charge in [0.05, 0.1) is 0 Å². The SMILES string of the molecule is CNCCCc1nc2ccc(Cl)cc2o1. The highest BCUT2D eigenvalue weighted by Crippen LogP contribution is 2.20. The molecule has 0 amide bonds. The normalized spacial score (nSPS) is 11.1. The maximum atomic E-state index is 5.86. The van der Waals surface area contributed by atoms with Crippen LogP contribution in [0, 0.1) is 0 Å². The molecule has 0 radical (unpaired) electrons. The molecule has 1 aromatic heterocycles. The van der Waals surface area contributed by atoms with Gasteiger partial charge in [0.25, 0.3) is 0 Å². The molecule has 3 nitrogen and oxygen atoms in total. The first kappa shape index (κ1) is 10.5. The molecule has 0 aliphatic heterocycles. The molecule has 0 bridgehead atoms. The van der Waals surface area contributed by atoms with Crippen molar-refractivity contribution in [2.75, 3.05) is 13.6 Å². The van der Waals surface area contributed by atoms with Gasteiger partial charge in [0, 0.05) is 17.5 Å². The summed E-state index contributed by atoms with van der Waals surface area (Å²) in [6.45, 7) is 0.972. The zero-order valence-corrected chi connectivity index (χ0v) is 9.34. The smallest absolute Gasteiger partial charge is 0.195 e. The first-order valence-corrected chi connectivity index (χ1v) is 5.37. The Labute approximate surface area is 93.4 Å². The molecule has 0 aliphatic rings. The van der Waals surface area contributed by atoms with E-state index in [9.17, 15) is 0 Å². The van der Waals surface area contributed by atoms with Gasteiger partial charge in [0.15, 0.2) is 11.5 Å². The van der Waals surface area contributed by atoms with Crippen LogP contribution in [0.15, 0.2) is 22.6 Å². The summed E-state index contributed by atoms with van der Waals surface area (Å²) in [6, 6.07) is 5.50. The summed E-state index contributed by atoms with van der Waals surface area (Å²) in [4.78, 5) is 4.37. The Kier molecular flexibility index (Phi) is 3.23. The molecule has 1 heterocycles. The fraction of sp³-hybridized carbons (Fsp3) is 0.364. The van der Waals surface area contributed by atoms with Gasteiger partial charge in [0.1, 0.15) is 5.52 Å². The molecule has 15 heavy (non-hydrogen) atoms. The first-order chi connectivity index (χ1) is 7.29. The van der Waals surface area contributed by atoms with Gasteiger partial charge in [-0.1, -0.05) is 11.6 Å². The minimum Gasteiger partial charge on any atom is -0.441 e. The Balaban J connectivity index is 2.16. The minimum atomic E-state index is 0.681. The molecule has 0 atom stereocenters. The molecular weight excluding hydrogens is 212 g/mol. The Hall–Kier alpha value is -1.06. The van der Waals surface area contributed by atoms with Crippen LogP contribution in [0.1, 0.15) is 12.3 Å². The predicted octanol–water partition coefficient (Wildman–Crippen LogP) is 2.63. The monoisotopic (exact) mass is 224 g/mol. The van der Waals surface area contributed by atoms with Crippen molar-refractivity contribution in [2.24, 2.45) is 0 Å². The van der Waals surface area contributed by atoms with Crippen LogP contribution in [0.25, 0.3) is 11.1 Å². The van der Waals surface area contributed by atoms with Crippen LogP contribution in [0.4, 0.5) is 0 Å². The topological polar surface area (TPSA) is 38.1 Å². The molecule has 0 fully saturated rings. The van der Waals surface area contributed by atoms with Crippen molar-refractivity contribution < 1.29 is 4.42 Å². The molecular formula is C11H13ClN2O. The Bertz CT molecular complexity index is 453. The van der Waals surface area contributed by atoms with Gasteiger partial charge in [-0.25, -0.2) is 4.98 Å². The van der Waals surface area contributed by atoms with E-state index >= 15 is 0 Å². The maximum Gasteiger partial charge on any atom is 0.195 e. The van der Waals surface area contributed by atoms with Crippen LogP contribution in [0.5, 0.6) is 0 Å². The summed E-state index contributed by atoms with van der Waals surface area (Å²) in [6.07, 6.45) is 1.88. The fourth-order valence-corrected chi connectivity index (χ4v) is 1.63. The highest BCUT2D eigenvalue weighted by atomic mass is 35.5. The van der Waals surface area contributed by atoms with E-state index < -0.39 is 0 Å². The summed E-state index contributed by atoms with van der Waals surface area (Å²) >= 11 is 5.86. The number of hydrogen-bond donors (Lipinski definition) is 1. The van der Waals surface area contributed by atoms with E-state index in [0.717, 1.165) is 36.4 Å². The van der Waals surface area contributed by atoms with E-state index in [0.29, 0.717) is 5.02 Å². The number of nitrogens with one attached hydrogen (secondary N) is 1. The van der Waals surface area contributed by atoms with E-state index in [1.54, 1.807) is 6.07 Å². The van der Waals surface area contributed by atoms with E-state index in [1.165, 1.54) is 0 Å².